The normalized spacial score (nSPS) is 14.7. The van der Waals surface area contributed by atoms with Gasteiger partial charge >= 0.3 is 0 Å². The smallest absolute Gasteiger partial charge is 0.270 e. The first-order valence-corrected chi connectivity index (χ1v) is 13.3. The summed E-state index contributed by atoms with van der Waals surface area (Å²) in [7, 11) is 3.95. The van der Waals surface area contributed by atoms with E-state index in [1.807, 2.05) is 85.7 Å². The maximum Gasteiger partial charge on any atom is 0.270 e. The minimum Gasteiger partial charge on any atom is -0.487 e. The molecule has 3 aromatic rings. The molecule has 0 radical (unpaired) electrons. The van der Waals surface area contributed by atoms with Crippen molar-refractivity contribution < 1.29 is 9.53 Å². The Morgan fingerprint density at radius 3 is 2.26 bits per heavy atom. The predicted octanol–water partition coefficient (Wildman–Crippen LogP) is 7.92. The van der Waals surface area contributed by atoms with Crippen molar-refractivity contribution in [3.05, 3.63) is 90.7 Å². The van der Waals surface area contributed by atoms with Gasteiger partial charge in [-0.2, -0.15) is 0 Å². The van der Waals surface area contributed by atoms with Gasteiger partial charge in [0.15, 0.2) is 4.32 Å². The summed E-state index contributed by atoms with van der Waals surface area (Å²) in [5, 5.41) is 0.687. The molecule has 1 saturated heterocycles. The van der Waals surface area contributed by atoms with Crippen LogP contribution in [0.5, 0.6) is 5.75 Å². The summed E-state index contributed by atoms with van der Waals surface area (Å²) in [6, 6.07) is 19.1. The van der Waals surface area contributed by atoms with Crippen molar-refractivity contribution in [1.82, 2.24) is 0 Å². The molecule has 1 fully saturated rings. The third-order valence-corrected chi connectivity index (χ3v) is 7.77. The average molecular weight is 639 g/mol. The fraction of sp³-hybridized carbons (Fsp3) is 0.120. The van der Waals surface area contributed by atoms with Crippen LogP contribution >= 0.6 is 67.4 Å². The molecule has 1 heterocycles. The van der Waals surface area contributed by atoms with E-state index < -0.39 is 0 Å². The molecule has 34 heavy (non-hydrogen) atoms. The van der Waals surface area contributed by atoms with Crippen LogP contribution in [0.15, 0.2) is 74.5 Å². The van der Waals surface area contributed by atoms with Gasteiger partial charge in [0.2, 0.25) is 0 Å². The lowest BCUT2D eigenvalue weighted by Gasteiger charge is -2.17. The van der Waals surface area contributed by atoms with E-state index in [0.717, 1.165) is 31.4 Å². The number of hydrogen-bond donors (Lipinski definition) is 0. The van der Waals surface area contributed by atoms with Gasteiger partial charge in [0.05, 0.1) is 19.5 Å². The molecule has 0 spiro atoms. The van der Waals surface area contributed by atoms with E-state index >= 15 is 0 Å². The molecule has 174 valence electrons. The van der Waals surface area contributed by atoms with E-state index in [0.29, 0.717) is 26.6 Å². The Kier molecular flexibility index (Phi) is 8.05. The van der Waals surface area contributed by atoms with Crippen molar-refractivity contribution in [2.75, 3.05) is 23.9 Å². The van der Waals surface area contributed by atoms with Crippen LogP contribution in [-0.2, 0) is 11.4 Å². The first kappa shape index (κ1) is 25.3. The SMILES string of the molecule is CN(C)c1ccc(N2C(=O)/C(=C\c3cc(Br)c(OCc4ccc(Cl)cc4)c(Br)c3)SC2=S)cc1. The van der Waals surface area contributed by atoms with Crippen molar-refractivity contribution in [3.8, 4) is 5.75 Å². The number of rotatable bonds is 6. The number of anilines is 2. The molecule has 1 aliphatic heterocycles. The number of carbonyl (C=O) groups is 1. The number of ether oxygens (including phenoxy) is 1. The molecule has 9 heteroatoms. The minimum absolute atomic E-state index is 0.136. The van der Waals surface area contributed by atoms with Crippen LogP contribution in [0.1, 0.15) is 11.1 Å². The summed E-state index contributed by atoms with van der Waals surface area (Å²) in [5.74, 6) is 0.545. The van der Waals surface area contributed by atoms with Crippen molar-refractivity contribution in [2.45, 2.75) is 6.61 Å². The molecule has 3 aromatic carbocycles. The quantitative estimate of drug-likeness (QED) is 0.202. The lowest BCUT2D eigenvalue weighted by molar-refractivity contribution is -0.113. The molecule has 1 amide bonds. The lowest BCUT2D eigenvalue weighted by atomic mass is 10.2. The second kappa shape index (κ2) is 10.8. The molecular weight excluding hydrogens is 620 g/mol. The van der Waals surface area contributed by atoms with E-state index in [4.69, 9.17) is 28.6 Å². The molecule has 1 aliphatic rings. The highest BCUT2D eigenvalue weighted by Gasteiger charge is 2.33. The molecule has 0 bridgehead atoms. The zero-order chi connectivity index (χ0) is 24.4. The molecular formula is C25H19Br2ClN2O2S2. The second-order valence-corrected chi connectivity index (χ2v) is 11.5. The summed E-state index contributed by atoms with van der Waals surface area (Å²) in [6.07, 6.45) is 1.84. The number of thioether (sulfide) groups is 1. The highest BCUT2D eigenvalue weighted by molar-refractivity contribution is 9.11. The van der Waals surface area contributed by atoms with Crippen molar-refractivity contribution in [2.24, 2.45) is 0 Å². The highest BCUT2D eigenvalue weighted by atomic mass is 79.9. The highest BCUT2D eigenvalue weighted by Crippen LogP contribution is 2.39. The van der Waals surface area contributed by atoms with Crippen LogP contribution in [0, 0.1) is 0 Å². The minimum atomic E-state index is -0.136. The van der Waals surface area contributed by atoms with E-state index in [2.05, 4.69) is 31.9 Å². The van der Waals surface area contributed by atoms with E-state index in [1.54, 1.807) is 4.90 Å². The Hall–Kier alpha value is -1.84. The molecule has 0 aliphatic carbocycles. The first-order chi connectivity index (χ1) is 16.2. The van der Waals surface area contributed by atoms with Crippen molar-refractivity contribution in [3.63, 3.8) is 0 Å². The Labute approximate surface area is 230 Å². The van der Waals surface area contributed by atoms with Crippen LogP contribution in [0.4, 0.5) is 11.4 Å². The number of halogens is 3. The molecule has 0 saturated carbocycles. The summed E-state index contributed by atoms with van der Waals surface area (Å²) < 4.78 is 8.05. The number of carbonyl (C=O) groups excluding carboxylic acids is 1. The van der Waals surface area contributed by atoms with E-state index in [-0.39, 0.29) is 5.91 Å². The van der Waals surface area contributed by atoms with Crippen molar-refractivity contribution >= 4 is 95.1 Å². The Bertz CT molecular complexity index is 1260. The maximum absolute atomic E-state index is 13.1. The van der Waals surface area contributed by atoms with Gasteiger partial charge in [-0.15, -0.1) is 0 Å². The fourth-order valence-corrected chi connectivity index (χ4v) is 6.15. The Balaban J connectivity index is 1.52. The topological polar surface area (TPSA) is 32.8 Å². The molecule has 0 aromatic heterocycles. The van der Waals surface area contributed by atoms with Gasteiger partial charge in [-0.25, -0.2) is 0 Å². The zero-order valence-electron chi connectivity index (χ0n) is 18.2. The van der Waals surface area contributed by atoms with Crippen LogP contribution in [0.3, 0.4) is 0 Å². The van der Waals surface area contributed by atoms with Crippen molar-refractivity contribution in [1.29, 1.82) is 0 Å². The monoisotopic (exact) mass is 636 g/mol. The number of thiocarbonyl (C=S) groups is 1. The van der Waals surface area contributed by atoms with Gasteiger partial charge in [-0.05, 0) is 97.6 Å². The van der Waals surface area contributed by atoms with Gasteiger partial charge in [0, 0.05) is 24.8 Å². The number of hydrogen-bond acceptors (Lipinski definition) is 5. The van der Waals surface area contributed by atoms with Crippen LogP contribution in [0.2, 0.25) is 5.02 Å². The third kappa shape index (κ3) is 5.69. The molecule has 0 atom stereocenters. The average Bonchev–Trinajstić information content (AvgIpc) is 3.07. The molecule has 4 nitrogen and oxygen atoms in total. The van der Waals surface area contributed by atoms with Crippen LogP contribution < -0.4 is 14.5 Å². The number of amides is 1. The van der Waals surface area contributed by atoms with E-state index in [9.17, 15) is 4.79 Å². The fourth-order valence-electron chi connectivity index (χ4n) is 3.28. The van der Waals surface area contributed by atoms with Crippen LogP contribution in [0.25, 0.3) is 6.08 Å². The van der Waals surface area contributed by atoms with Gasteiger partial charge < -0.3 is 9.64 Å². The number of benzene rings is 3. The molecule has 0 N–H and O–H groups in total. The zero-order valence-corrected chi connectivity index (χ0v) is 23.8. The molecule has 4 rings (SSSR count). The lowest BCUT2D eigenvalue weighted by Crippen LogP contribution is -2.27. The van der Waals surface area contributed by atoms with E-state index in [1.165, 1.54) is 11.8 Å². The second-order valence-electron chi connectivity index (χ2n) is 7.66. The summed E-state index contributed by atoms with van der Waals surface area (Å²) in [5.41, 5.74) is 3.67. The van der Waals surface area contributed by atoms with Gasteiger partial charge in [0.1, 0.15) is 12.4 Å². The Morgan fingerprint density at radius 1 is 1.06 bits per heavy atom. The maximum atomic E-state index is 13.1. The number of nitrogens with zero attached hydrogens (tertiary/aromatic N) is 2. The third-order valence-electron chi connectivity index (χ3n) is 5.03. The largest absolute Gasteiger partial charge is 0.487 e. The Morgan fingerprint density at radius 2 is 1.68 bits per heavy atom. The summed E-state index contributed by atoms with van der Waals surface area (Å²) in [4.78, 5) is 17.3. The van der Waals surface area contributed by atoms with Gasteiger partial charge in [0.25, 0.3) is 5.91 Å². The molecule has 0 unspecified atom stereocenters. The summed E-state index contributed by atoms with van der Waals surface area (Å²) in [6.45, 7) is 0.402. The first-order valence-electron chi connectivity index (χ1n) is 10.1. The van der Waals surface area contributed by atoms with Gasteiger partial charge in [-0.3, -0.25) is 9.69 Å². The van der Waals surface area contributed by atoms with Crippen LogP contribution in [-0.4, -0.2) is 24.3 Å². The predicted molar refractivity (Wildman–Crippen MR) is 154 cm³/mol. The standard InChI is InChI=1S/C25H19Br2ClN2O2S2/c1-29(2)18-7-9-19(10-8-18)30-24(31)22(34-25(30)33)13-16-11-20(26)23(21(27)12-16)32-14-15-3-5-17(28)6-4-15/h3-13H,14H2,1-2H3/b22-13+. The summed E-state index contributed by atoms with van der Waals surface area (Å²) >= 11 is 19.9. The van der Waals surface area contributed by atoms with Gasteiger partial charge in [-0.1, -0.05) is 47.7 Å².